The van der Waals surface area contributed by atoms with Gasteiger partial charge in [0.15, 0.2) is 0 Å². The second-order valence-corrected chi connectivity index (χ2v) is 5.24. The third kappa shape index (κ3) is 4.42. The van der Waals surface area contributed by atoms with E-state index >= 15 is 0 Å². The molecule has 1 unspecified atom stereocenters. The van der Waals surface area contributed by atoms with Crippen molar-refractivity contribution in [3.63, 3.8) is 0 Å². The minimum absolute atomic E-state index is 0.00636. The lowest BCUT2D eigenvalue weighted by molar-refractivity contribution is -0.139. The van der Waals surface area contributed by atoms with Gasteiger partial charge in [-0.05, 0) is 13.0 Å². The number of aliphatic carboxylic acids is 1. The Hall–Kier alpha value is -1.63. The topological polar surface area (TPSA) is 82.0 Å². The molecule has 1 aromatic carbocycles. The number of hydrogen-bond acceptors (Lipinski definition) is 5. The van der Waals surface area contributed by atoms with Gasteiger partial charge >= 0.3 is 5.97 Å². The zero-order valence-corrected chi connectivity index (χ0v) is 12.2. The highest BCUT2D eigenvalue weighted by atomic mass is 16.5. The fourth-order valence-corrected chi connectivity index (χ4v) is 2.43. The lowest BCUT2D eigenvalue weighted by atomic mass is 10.0. The molecule has 1 saturated heterocycles. The van der Waals surface area contributed by atoms with Crippen molar-refractivity contribution in [3.05, 3.63) is 29.3 Å². The summed E-state index contributed by atoms with van der Waals surface area (Å²) in [5.74, 6) is -0.982. The van der Waals surface area contributed by atoms with Crippen molar-refractivity contribution in [2.24, 2.45) is 0 Å². The Labute approximate surface area is 124 Å². The highest BCUT2D eigenvalue weighted by molar-refractivity contribution is 5.76. The molecular formula is C15H22N2O4. The van der Waals surface area contributed by atoms with E-state index in [4.69, 9.17) is 4.74 Å². The number of aryl methyl sites for hydroxylation is 1. The van der Waals surface area contributed by atoms with E-state index in [1.54, 1.807) is 12.1 Å². The molecule has 0 bridgehead atoms. The van der Waals surface area contributed by atoms with Crippen LogP contribution in [0.5, 0.6) is 5.75 Å². The van der Waals surface area contributed by atoms with Crippen molar-refractivity contribution in [1.82, 2.24) is 10.2 Å². The molecule has 0 saturated carbocycles. The number of aromatic hydroxyl groups is 1. The normalized spacial score (nSPS) is 17.6. The highest BCUT2D eigenvalue weighted by Crippen LogP contribution is 2.25. The number of carboxylic acid groups (broad SMARTS) is 1. The van der Waals surface area contributed by atoms with Crippen LogP contribution < -0.4 is 5.32 Å². The summed E-state index contributed by atoms with van der Waals surface area (Å²) in [5.41, 5.74) is 1.33. The molecule has 3 N–H and O–H groups in total. The Morgan fingerprint density at radius 1 is 1.43 bits per heavy atom. The maximum absolute atomic E-state index is 11.4. The molecule has 6 nitrogen and oxygen atoms in total. The Bertz CT molecular complexity index is 487. The van der Waals surface area contributed by atoms with Gasteiger partial charge in [0.05, 0.1) is 13.2 Å². The first-order valence-corrected chi connectivity index (χ1v) is 7.13. The summed E-state index contributed by atoms with van der Waals surface area (Å²) < 4.78 is 5.27. The quantitative estimate of drug-likeness (QED) is 0.718. The molecule has 0 aliphatic carbocycles. The average Bonchev–Trinajstić information content (AvgIpc) is 2.47. The van der Waals surface area contributed by atoms with Crippen molar-refractivity contribution >= 4 is 5.97 Å². The first-order valence-electron chi connectivity index (χ1n) is 7.13. The van der Waals surface area contributed by atoms with Crippen molar-refractivity contribution in [3.8, 4) is 5.75 Å². The fraction of sp³-hybridized carbons (Fsp3) is 0.533. The molecule has 0 spiro atoms. The summed E-state index contributed by atoms with van der Waals surface area (Å²) in [4.78, 5) is 13.7. The molecule has 1 heterocycles. The Kier molecular flexibility index (Phi) is 5.55. The molecule has 0 aromatic heterocycles. The second kappa shape index (κ2) is 7.40. The number of nitrogens with one attached hydrogen (secondary N) is 1. The van der Waals surface area contributed by atoms with Gasteiger partial charge < -0.3 is 14.9 Å². The molecule has 21 heavy (non-hydrogen) atoms. The number of nitrogens with zero attached hydrogens (tertiary/aromatic N) is 1. The molecule has 1 aliphatic heterocycles. The predicted octanol–water partition coefficient (Wildman–Crippen LogP) is 0.748. The number of morpholine rings is 1. The van der Waals surface area contributed by atoms with Crippen LogP contribution in [0.2, 0.25) is 0 Å². The highest BCUT2D eigenvalue weighted by Gasteiger charge is 2.22. The zero-order chi connectivity index (χ0) is 15.2. The molecule has 2 rings (SSSR count). The fourth-order valence-electron chi connectivity index (χ4n) is 2.43. The molecular weight excluding hydrogens is 272 g/mol. The summed E-state index contributed by atoms with van der Waals surface area (Å²) in [6.45, 7) is 6.37. The van der Waals surface area contributed by atoms with Crippen LogP contribution in [-0.2, 0) is 9.53 Å². The summed E-state index contributed by atoms with van der Waals surface area (Å²) in [5, 5.41) is 22.3. The third-order valence-corrected chi connectivity index (χ3v) is 3.62. The SMILES string of the molecule is Cc1ccc(O)c(C(NCCN2CCOCC2)C(=O)O)c1. The Morgan fingerprint density at radius 3 is 2.81 bits per heavy atom. The second-order valence-electron chi connectivity index (χ2n) is 5.24. The Morgan fingerprint density at radius 2 is 2.14 bits per heavy atom. The number of hydrogen-bond donors (Lipinski definition) is 3. The summed E-state index contributed by atoms with van der Waals surface area (Å²) >= 11 is 0. The van der Waals surface area contributed by atoms with Crippen LogP contribution >= 0.6 is 0 Å². The first-order chi connectivity index (χ1) is 10.1. The number of ether oxygens (including phenoxy) is 1. The van der Waals surface area contributed by atoms with Crippen LogP contribution in [-0.4, -0.2) is 60.5 Å². The molecule has 1 aromatic rings. The maximum Gasteiger partial charge on any atom is 0.325 e. The smallest absolute Gasteiger partial charge is 0.325 e. The van der Waals surface area contributed by atoms with E-state index in [-0.39, 0.29) is 5.75 Å². The van der Waals surface area contributed by atoms with E-state index in [2.05, 4.69) is 10.2 Å². The van der Waals surface area contributed by atoms with E-state index in [0.29, 0.717) is 12.1 Å². The van der Waals surface area contributed by atoms with Gasteiger partial charge in [0, 0.05) is 31.7 Å². The van der Waals surface area contributed by atoms with Crippen molar-refractivity contribution in [2.45, 2.75) is 13.0 Å². The van der Waals surface area contributed by atoms with Crippen molar-refractivity contribution < 1.29 is 19.7 Å². The van der Waals surface area contributed by atoms with E-state index in [1.165, 1.54) is 6.07 Å². The van der Waals surface area contributed by atoms with Crippen LogP contribution in [0.15, 0.2) is 18.2 Å². The monoisotopic (exact) mass is 294 g/mol. The van der Waals surface area contributed by atoms with E-state index < -0.39 is 12.0 Å². The van der Waals surface area contributed by atoms with Gasteiger partial charge in [0.25, 0.3) is 0 Å². The van der Waals surface area contributed by atoms with Gasteiger partial charge in [-0.1, -0.05) is 17.7 Å². The van der Waals surface area contributed by atoms with Crippen LogP contribution in [0, 0.1) is 6.92 Å². The Balaban J connectivity index is 1.95. The lowest BCUT2D eigenvalue weighted by Crippen LogP contribution is -2.41. The van der Waals surface area contributed by atoms with E-state index in [0.717, 1.165) is 38.4 Å². The van der Waals surface area contributed by atoms with Gasteiger partial charge in [-0.15, -0.1) is 0 Å². The molecule has 1 fully saturated rings. The van der Waals surface area contributed by atoms with Gasteiger partial charge in [-0.2, -0.15) is 0 Å². The zero-order valence-electron chi connectivity index (χ0n) is 12.2. The average molecular weight is 294 g/mol. The summed E-state index contributed by atoms with van der Waals surface area (Å²) in [7, 11) is 0. The van der Waals surface area contributed by atoms with Crippen LogP contribution in [0.25, 0.3) is 0 Å². The van der Waals surface area contributed by atoms with Crippen LogP contribution in [0.3, 0.4) is 0 Å². The molecule has 0 amide bonds. The minimum Gasteiger partial charge on any atom is -0.508 e. The van der Waals surface area contributed by atoms with Gasteiger partial charge in [-0.25, -0.2) is 0 Å². The number of phenolic OH excluding ortho intramolecular Hbond substituents is 1. The number of carboxylic acids is 1. The first kappa shape index (κ1) is 15.8. The molecule has 6 heteroatoms. The van der Waals surface area contributed by atoms with E-state index in [9.17, 15) is 15.0 Å². The van der Waals surface area contributed by atoms with Crippen molar-refractivity contribution in [1.29, 1.82) is 0 Å². The number of benzene rings is 1. The standard InChI is InChI=1S/C15H22N2O4/c1-11-2-3-13(18)12(10-11)14(15(19)20)16-4-5-17-6-8-21-9-7-17/h2-3,10,14,16,18H,4-9H2,1H3,(H,19,20). The minimum atomic E-state index is -0.988. The summed E-state index contributed by atoms with van der Waals surface area (Å²) in [6.07, 6.45) is 0. The van der Waals surface area contributed by atoms with Gasteiger partial charge in [-0.3, -0.25) is 15.0 Å². The lowest BCUT2D eigenvalue weighted by Gasteiger charge is -2.27. The van der Waals surface area contributed by atoms with Crippen molar-refractivity contribution in [2.75, 3.05) is 39.4 Å². The van der Waals surface area contributed by atoms with Gasteiger partial charge in [0.1, 0.15) is 11.8 Å². The number of phenols is 1. The molecule has 1 atom stereocenters. The summed E-state index contributed by atoms with van der Waals surface area (Å²) in [6, 6.07) is 4.09. The molecule has 1 aliphatic rings. The number of carbonyl (C=O) groups is 1. The number of rotatable bonds is 6. The molecule has 0 radical (unpaired) electrons. The van der Waals surface area contributed by atoms with Crippen LogP contribution in [0.4, 0.5) is 0 Å². The maximum atomic E-state index is 11.4. The predicted molar refractivity (Wildman–Crippen MR) is 78.5 cm³/mol. The van der Waals surface area contributed by atoms with E-state index in [1.807, 2.05) is 6.92 Å². The van der Waals surface area contributed by atoms with Crippen LogP contribution in [0.1, 0.15) is 17.2 Å². The van der Waals surface area contributed by atoms with Gasteiger partial charge in [0.2, 0.25) is 0 Å². The molecule has 116 valence electrons. The largest absolute Gasteiger partial charge is 0.508 e. The third-order valence-electron chi connectivity index (χ3n) is 3.62.